The average molecular weight is 691 g/mol. The highest BCUT2D eigenvalue weighted by Gasteiger charge is 2.47. The Labute approximate surface area is 296 Å². The van der Waals surface area contributed by atoms with Crippen LogP contribution in [0, 0.1) is 6.92 Å². The summed E-state index contributed by atoms with van der Waals surface area (Å²) in [5, 5.41) is 14.8. The number of hydrogen-bond acceptors (Lipinski definition) is 10. The Hall–Kier alpha value is -5.49. The Morgan fingerprint density at radius 3 is 2.08 bits per heavy atom. The molecule has 0 amide bonds. The molecule has 12 nitrogen and oxygen atoms in total. The number of esters is 1. The third-order valence-corrected chi connectivity index (χ3v) is 10.6. The lowest BCUT2D eigenvalue weighted by Gasteiger charge is -2.47. The summed E-state index contributed by atoms with van der Waals surface area (Å²) in [6, 6.07) is 22.8. The van der Waals surface area contributed by atoms with Crippen LogP contribution in [-0.4, -0.2) is 68.0 Å². The molecule has 8 rings (SSSR count). The summed E-state index contributed by atoms with van der Waals surface area (Å²) in [6.45, 7) is 8.31. The number of carbonyl (C=O) groups excluding carboxylic acids is 1. The number of aryl methyl sites for hydroxylation is 1. The van der Waals surface area contributed by atoms with Gasteiger partial charge in [-0.1, -0.05) is 74.5 Å². The van der Waals surface area contributed by atoms with Crippen molar-refractivity contribution in [1.82, 2.24) is 25.0 Å². The number of hydrogen-bond donors (Lipinski definition) is 2. The number of pyridine rings is 1. The van der Waals surface area contributed by atoms with Gasteiger partial charge < -0.3 is 19.3 Å². The van der Waals surface area contributed by atoms with Crippen molar-refractivity contribution in [1.29, 1.82) is 0 Å². The van der Waals surface area contributed by atoms with Crippen LogP contribution in [0.15, 0.2) is 102 Å². The monoisotopic (exact) mass is 690 g/mol. The predicted octanol–water partition coefficient (Wildman–Crippen LogP) is 5.88. The minimum Gasteiger partial charge on any atom is -0.488 e. The second-order valence-electron chi connectivity index (χ2n) is 14.0. The highest BCUT2D eigenvalue weighted by atomic mass is 16.5. The third-order valence-electron chi connectivity index (χ3n) is 10.6. The molecule has 5 atom stereocenters. The lowest BCUT2D eigenvalue weighted by atomic mass is 9.63. The van der Waals surface area contributed by atoms with Gasteiger partial charge in [0.05, 0.1) is 19.5 Å². The standard InChI is InChI=1S/C20H23N3O3.C19H19N3O3/c1-13-11-15(12-23-18(13)21-17(22-23)19(24)25-3)26-16-9-10-20(16,2)14-7-5-4-6-8-14;1-12-10-14(11-22-17(12)20-16(21-22)18(23)24)25-15-8-9-19(15,2)13-6-4-3-5-7-13/h4-8,11-12,16-17,22H,9-10H2,1-3H3;3-7,10-11,15H,8-9H2,1-2H3,(H,23,24). The molecule has 5 unspecified atom stereocenters. The van der Waals surface area contributed by atoms with Crippen molar-refractivity contribution < 1.29 is 28.9 Å². The van der Waals surface area contributed by atoms with Gasteiger partial charge >= 0.3 is 11.9 Å². The molecular formula is C39H42N6O6. The van der Waals surface area contributed by atoms with E-state index in [-0.39, 0.29) is 28.9 Å². The van der Waals surface area contributed by atoms with E-state index >= 15 is 0 Å². The number of carboxylic acid groups (broad SMARTS) is 1. The number of nitrogens with one attached hydrogen (secondary N) is 1. The Morgan fingerprint density at radius 2 is 1.53 bits per heavy atom. The third kappa shape index (κ3) is 6.35. The fourth-order valence-electron chi connectivity index (χ4n) is 7.19. The van der Waals surface area contributed by atoms with Crippen molar-refractivity contribution in [2.45, 2.75) is 82.6 Å². The maximum Gasteiger partial charge on any atom is 0.375 e. The molecule has 2 N–H and O–H groups in total. The number of methoxy groups -OCH3 is 1. The van der Waals surface area contributed by atoms with Crippen molar-refractivity contribution in [3.8, 4) is 5.75 Å². The van der Waals surface area contributed by atoms with Gasteiger partial charge in [-0.2, -0.15) is 5.43 Å². The molecule has 4 aromatic rings. The fraction of sp³-hybridized carbons (Fsp3) is 0.359. The van der Waals surface area contributed by atoms with Gasteiger partial charge in [-0.15, -0.1) is 5.10 Å². The molecular weight excluding hydrogens is 648 g/mol. The molecule has 2 aliphatic heterocycles. The minimum atomic E-state index is -1.14. The van der Waals surface area contributed by atoms with Gasteiger partial charge in [0.15, 0.2) is 5.65 Å². The van der Waals surface area contributed by atoms with Crippen LogP contribution in [0.3, 0.4) is 0 Å². The Kier molecular flexibility index (Phi) is 8.88. The number of aliphatic imine (C=N–C) groups is 1. The molecule has 0 bridgehead atoms. The van der Waals surface area contributed by atoms with E-state index in [0.717, 1.165) is 42.6 Å². The van der Waals surface area contributed by atoms with Crippen molar-refractivity contribution in [3.63, 3.8) is 0 Å². The van der Waals surface area contributed by atoms with Crippen LogP contribution < -0.4 is 10.2 Å². The first kappa shape index (κ1) is 34.0. The first-order chi connectivity index (χ1) is 24.5. The van der Waals surface area contributed by atoms with E-state index in [1.54, 1.807) is 11.2 Å². The van der Waals surface area contributed by atoms with Crippen molar-refractivity contribution in [2.24, 2.45) is 4.99 Å². The molecule has 2 saturated carbocycles. The summed E-state index contributed by atoms with van der Waals surface area (Å²) in [5.74, 6) is 0.405. The SMILES string of the molecule is COC(=O)C1N=C2C(C)=CC(OC3CCC3(C)c3ccccc3)=CN2N1.Cc1cc(OC2CCC2(C)c2ccccc2)cn2nc(C(=O)O)nc12. The molecule has 0 spiro atoms. The number of nitrogens with zero attached hydrogens (tertiary/aromatic N) is 5. The largest absolute Gasteiger partial charge is 0.488 e. The highest BCUT2D eigenvalue weighted by molar-refractivity contribution is 6.02. The van der Waals surface area contributed by atoms with E-state index in [1.807, 2.05) is 44.3 Å². The van der Waals surface area contributed by atoms with Crippen molar-refractivity contribution >= 4 is 23.4 Å². The molecule has 0 saturated heterocycles. The molecule has 2 aromatic heterocycles. The highest BCUT2D eigenvalue weighted by Crippen LogP contribution is 2.47. The molecule has 4 heterocycles. The van der Waals surface area contributed by atoms with E-state index in [9.17, 15) is 9.59 Å². The van der Waals surface area contributed by atoms with Gasteiger partial charge in [-0.05, 0) is 73.9 Å². The first-order valence-electron chi connectivity index (χ1n) is 17.1. The van der Waals surface area contributed by atoms with Crippen LogP contribution in [-0.2, 0) is 25.1 Å². The van der Waals surface area contributed by atoms with Gasteiger partial charge in [0.25, 0.3) is 5.82 Å². The van der Waals surface area contributed by atoms with E-state index in [0.29, 0.717) is 17.2 Å². The summed E-state index contributed by atoms with van der Waals surface area (Å²) < 4.78 is 18.8. The lowest BCUT2D eigenvalue weighted by molar-refractivity contribution is -0.143. The van der Waals surface area contributed by atoms with Gasteiger partial charge in [-0.25, -0.2) is 24.1 Å². The summed E-state index contributed by atoms with van der Waals surface area (Å²) in [4.78, 5) is 31.2. The number of rotatable bonds is 8. The number of carboxylic acids is 1. The van der Waals surface area contributed by atoms with Crippen LogP contribution in [0.1, 0.15) is 73.8 Å². The molecule has 264 valence electrons. The first-order valence-corrected chi connectivity index (χ1v) is 17.1. The van der Waals surface area contributed by atoms with E-state index in [2.05, 4.69) is 82.9 Å². The zero-order chi connectivity index (χ0) is 35.9. The number of aromatic carboxylic acids is 1. The number of hydrazine groups is 1. The van der Waals surface area contributed by atoms with Crippen LogP contribution in [0.25, 0.3) is 5.65 Å². The number of fused-ring (bicyclic) bond motifs is 2. The summed E-state index contributed by atoms with van der Waals surface area (Å²) in [5.41, 5.74) is 7.92. The average Bonchev–Trinajstić information content (AvgIpc) is 3.78. The van der Waals surface area contributed by atoms with Crippen LogP contribution >= 0.6 is 0 Å². The van der Waals surface area contributed by atoms with Gasteiger partial charge in [0, 0.05) is 10.8 Å². The number of benzene rings is 2. The smallest absolute Gasteiger partial charge is 0.375 e. The van der Waals surface area contributed by atoms with Gasteiger partial charge in [0.1, 0.15) is 29.6 Å². The molecule has 4 aliphatic rings. The summed E-state index contributed by atoms with van der Waals surface area (Å²) in [7, 11) is 1.36. The van der Waals surface area contributed by atoms with Crippen LogP contribution in [0.2, 0.25) is 0 Å². The van der Waals surface area contributed by atoms with Crippen molar-refractivity contribution in [2.75, 3.05) is 7.11 Å². The second kappa shape index (κ2) is 13.3. The minimum absolute atomic E-state index is 0.0152. The molecule has 12 heteroatoms. The van der Waals surface area contributed by atoms with Gasteiger partial charge in [0.2, 0.25) is 6.17 Å². The number of aromatic nitrogens is 3. The molecule has 2 fully saturated rings. The predicted molar refractivity (Wildman–Crippen MR) is 190 cm³/mol. The summed E-state index contributed by atoms with van der Waals surface area (Å²) in [6.07, 6.45) is 9.20. The Morgan fingerprint density at radius 1 is 0.922 bits per heavy atom. The van der Waals surface area contributed by atoms with E-state index in [4.69, 9.17) is 19.3 Å². The van der Waals surface area contributed by atoms with Crippen LogP contribution in [0.5, 0.6) is 5.75 Å². The maximum atomic E-state index is 11.7. The number of carbonyl (C=O) groups is 2. The van der Waals surface area contributed by atoms with E-state index < -0.39 is 18.1 Å². The van der Waals surface area contributed by atoms with Crippen molar-refractivity contribution in [3.05, 3.63) is 119 Å². The zero-order valence-electron chi connectivity index (χ0n) is 29.4. The Bertz CT molecular complexity index is 2060. The molecule has 2 aromatic carbocycles. The lowest BCUT2D eigenvalue weighted by Crippen LogP contribution is -2.49. The maximum absolute atomic E-state index is 11.7. The molecule has 0 radical (unpaired) electrons. The fourth-order valence-corrected chi connectivity index (χ4v) is 7.19. The quantitative estimate of drug-likeness (QED) is 0.216. The number of allylic oxidation sites excluding steroid dienone is 1. The normalized spacial score (nSPS) is 26.3. The second-order valence-corrected chi connectivity index (χ2v) is 14.0. The van der Waals surface area contributed by atoms with Gasteiger partial charge in [-0.3, -0.25) is 5.01 Å². The van der Waals surface area contributed by atoms with Crippen LogP contribution in [0.4, 0.5) is 0 Å². The Balaban J connectivity index is 0.000000159. The van der Waals surface area contributed by atoms with E-state index in [1.165, 1.54) is 22.8 Å². The molecule has 51 heavy (non-hydrogen) atoms. The number of ether oxygens (including phenoxy) is 3. The number of amidine groups is 1. The summed E-state index contributed by atoms with van der Waals surface area (Å²) >= 11 is 0. The topological polar surface area (TPSA) is 140 Å². The molecule has 2 aliphatic carbocycles. The zero-order valence-corrected chi connectivity index (χ0v) is 29.4.